The molecule has 1 amide bonds. The average molecular weight is 502 g/mol. The summed E-state index contributed by atoms with van der Waals surface area (Å²) < 4.78 is 39.2. The summed E-state index contributed by atoms with van der Waals surface area (Å²) in [6.45, 7) is 1.09. The van der Waals surface area contributed by atoms with Gasteiger partial charge in [-0.15, -0.1) is 0 Å². The molecule has 182 valence electrons. The number of carbonyl (C=O) groups excluding carboxylic acids is 2. The van der Waals surface area contributed by atoms with Crippen LogP contribution in [0.3, 0.4) is 0 Å². The number of hydrogen-bond donors (Lipinski definition) is 2. The predicted octanol–water partition coefficient (Wildman–Crippen LogP) is 4.01. The van der Waals surface area contributed by atoms with Gasteiger partial charge in [0.05, 0.1) is 30.4 Å². The highest BCUT2D eigenvalue weighted by Crippen LogP contribution is 2.33. The normalized spacial score (nSPS) is 19.4. The maximum absolute atomic E-state index is 14.6. The Bertz CT molecular complexity index is 1240. The zero-order chi connectivity index (χ0) is 24.5. The summed E-state index contributed by atoms with van der Waals surface area (Å²) in [5.74, 6) is -0.785. The van der Waals surface area contributed by atoms with Gasteiger partial charge in [0.1, 0.15) is 29.8 Å². The van der Waals surface area contributed by atoms with Gasteiger partial charge in [0.2, 0.25) is 0 Å². The quantitative estimate of drug-likeness (QED) is 0.644. The van der Waals surface area contributed by atoms with E-state index < -0.39 is 11.7 Å². The van der Waals surface area contributed by atoms with E-state index in [1.807, 2.05) is 0 Å². The topological polar surface area (TPSA) is 79.9 Å². The maximum Gasteiger partial charge on any atom is 0.256 e. The lowest BCUT2D eigenvalue weighted by Gasteiger charge is -2.39. The van der Waals surface area contributed by atoms with Gasteiger partial charge < -0.3 is 25.0 Å². The van der Waals surface area contributed by atoms with Crippen molar-refractivity contribution in [1.82, 2.24) is 10.2 Å². The molecule has 2 aromatic carbocycles. The van der Waals surface area contributed by atoms with Gasteiger partial charge in [-0.2, -0.15) is 0 Å². The molecule has 3 aliphatic rings. The molecule has 1 unspecified atom stereocenters. The number of nitrogens with zero attached hydrogens (tertiary/aromatic N) is 1. The summed E-state index contributed by atoms with van der Waals surface area (Å²) in [5, 5.41) is 6.37. The molecule has 0 saturated carbocycles. The SMILES string of the molecule is O=C1CNc2cc(C(=O)N3CC(COc4ccc(Cl)cc4C4C=CC(F)=CN4)C3)c(F)cc2OC1. The number of Topliss-reactive ketones (excluding diaryl/α,β-unsaturated/α-hetero) is 1. The van der Waals surface area contributed by atoms with E-state index in [1.54, 1.807) is 29.2 Å². The van der Waals surface area contributed by atoms with E-state index >= 15 is 0 Å². The predicted molar refractivity (Wildman–Crippen MR) is 126 cm³/mol. The molecule has 2 aromatic rings. The van der Waals surface area contributed by atoms with Crippen LogP contribution in [0.4, 0.5) is 14.5 Å². The lowest BCUT2D eigenvalue weighted by molar-refractivity contribution is -0.119. The van der Waals surface area contributed by atoms with Crippen LogP contribution in [0.15, 0.2) is 54.5 Å². The molecular weight excluding hydrogens is 480 g/mol. The van der Waals surface area contributed by atoms with E-state index in [2.05, 4.69) is 10.6 Å². The van der Waals surface area contributed by atoms with E-state index in [0.717, 1.165) is 11.6 Å². The zero-order valence-electron chi connectivity index (χ0n) is 18.5. The molecule has 7 nitrogen and oxygen atoms in total. The van der Waals surface area contributed by atoms with Crippen LogP contribution in [0.1, 0.15) is 22.0 Å². The lowest BCUT2D eigenvalue weighted by atomic mass is 9.99. The van der Waals surface area contributed by atoms with Crippen molar-refractivity contribution < 1.29 is 27.8 Å². The molecular formula is C25H22ClF2N3O4. The van der Waals surface area contributed by atoms with Crippen LogP contribution in [0.5, 0.6) is 11.5 Å². The molecule has 0 spiro atoms. The van der Waals surface area contributed by atoms with Crippen molar-refractivity contribution in [2.75, 3.05) is 38.2 Å². The molecule has 10 heteroatoms. The number of dihydropyridines is 1. The van der Waals surface area contributed by atoms with Crippen LogP contribution in [0, 0.1) is 11.7 Å². The number of hydrogen-bond acceptors (Lipinski definition) is 6. The molecule has 1 atom stereocenters. The van der Waals surface area contributed by atoms with Crippen LogP contribution >= 0.6 is 11.6 Å². The van der Waals surface area contributed by atoms with Crippen molar-refractivity contribution in [3.63, 3.8) is 0 Å². The second-order valence-electron chi connectivity index (χ2n) is 8.61. The maximum atomic E-state index is 14.6. The summed E-state index contributed by atoms with van der Waals surface area (Å²) in [6.07, 6.45) is 4.34. The third-order valence-electron chi connectivity index (χ3n) is 6.04. The van der Waals surface area contributed by atoms with Gasteiger partial charge >= 0.3 is 0 Å². The Labute approximate surface area is 205 Å². The highest BCUT2D eigenvalue weighted by molar-refractivity contribution is 6.30. The van der Waals surface area contributed by atoms with Crippen LogP contribution in [0.2, 0.25) is 5.02 Å². The largest absolute Gasteiger partial charge is 0.493 e. The first-order chi connectivity index (χ1) is 16.9. The summed E-state index contributed by atoms with van der Waals surface area (Å²) in [4.78, 5) is 26.0. The van der Waals surface area contributed by atoms with Crippen molar-refractivity contribution in [2.45, 2.75) is 6.04 Å². The number of benzene rings is 2. The highest BCUT2D eigenvalue weighted by atomic mass is 35.5. The monoisotopic (exact) mass is 501 g/mol. The van der Waals surface area contributed by atoms with Crippen LogP contribution < -0.4 is 20.1 Å². The fraction of sp³-hybridized carbons (Fsp3) is 0.280. The number of allylic oxidation sites excluding steroid dienone is 2. The Morgan fingerprint density at radius 1 is 1.23 bits per heavy atom. The summed E-state index contributed by atoms with van der Waals surface area (Å²) >= 11 is 6.15. The summed E-state index contributed by atoms with van der Waals surface area (Å²) in [7, 11) is 0. The number of ether oxygens (including phenoxy) is 2. The van der Waals surface area contributed by atoms with Crippen LogP contribution in [-0.4, -0.2) is 49.4 Å². The van der Waals surface area contributed by atoms with Gasteiger partial charge in [-0.05, 0) is 30.3 Å². The van der Waals surface area contributed by atoms with Gasteiger partial charge in [0.15, 0.2) is 5.78 Å². The standard InChI is InChI=1S/C25H22ClF2N3O4/c26-15-1-4-23(19(5-15)21-3-2-16(27)8-29-21)34-12-14-10-31(11-14)25(33)18-6-22-24(7-20(18)28)35-13-17(32)9-30-22/h1-8,14,21,29-30H,9-13H2. The second kappa shape index (κ2) is 9.58. The molecule has 0 aromatic heterocycles. The van der Waals surface area contributed by atoms with Crippen LogP contribution in [-0.2, 0) is 4.79 Å². The number of ketones is 1. The molecule has 3 aliphatic heterocycles. The Morgan fingerprint density at radius 2 is 2.06 bits per heavy atom. The van der Waals surface area contributed by atoms with Crippen molar-refractivity contribution in [3.8, 4) is 11.5 Å². The van der Waals surface area contributed by atoms with E-state index in [0.29, 0.717) is 36.2 Å². The molecule has 0 radical (unpaired) electrons. The molecule has 3 heterocycles. The second-order valence-corrected chi connectivity index (χ2v) is 9.05. The number of nitrogens with one attached hydrogen (secondary N) is 2. The molecule has 5 rings (SSSR count). The third kappa shape index (κ3) is 4.95. The number of likely N-dealkylation sites (tertiary alicyclic amines) is 1. The lowest BCUT2D eigenvalue weighted by Crippen LogP contribution is -2.52. The highest BCUT2D eigenvalue weighted by Gasteiger charge is 2.34. The molecule has 0 bridgehead atoms. The number of carbonyl (C=O) groups is 2. The zero-order valence-corrected chi connectivity index (χ0v) is 19.3. The first-order valence-electron chi connectivity index (χ1n) is 11.1. The van der Waals surface area contributed by atoms with Crippen LogP contribution in [0.25, 0.3) is 0 Å². The minimum Gasteiger partial charge on any atom is -0.493 e. The molecule has 1 saturated heterocycles. The summed E-state index contributed by atoms with van der Waals surface area (Å²) in [5.41, 5.74) is 1.10. The average Bonchev–Trinajstić information content (AvgIpc) is 2.99. The minimum absolute atomic E-state index is 0.0550. The first kappa shape index (κ1) is 23.2. The Balaban J connectivity index is 1.20. The Kier molecular flexibility index (Phi) is 6.34. The van der Waals surface area contributed by atoms with Gasteiger partial charge in [-0.25, -0.2) is 8.78 Å². The van der Waals surface area contributed by atoms with Crippen molar-refractivity contribution >= 4 is 29.0 Å². The number of fused-ring (bicyclic) bond motifs is 1. The molecule has 2 N–H and O–H groups in total. The molecule has 1 fully saturated rings. The van der Waals surface area contributed by atoms with E-state index in [4.69, 9.17) is 21.1 Å². The van der Waals surface area contributed by atoms with E-state index in [9.17, 15) is 18.4 Å². The number of anilines is 1. The van der Waals surface area contributed by atoms with E-state index in [-0.39, 0.29) is 48.0 Å². The Morgan fingerprint density at radius 3 is 2.83 bits per heavy atom. The molecule has 0 aliphatic carbocycles. The fourth-order valence-electron chi connectivity index (χ4n) is 4.15. The van der Waals surface area contributed by atoms with Gasteiger partial charge in [0, 0.05) is 41.9 Å². The number of amides is 1. The van der Waals surface area contributed by atoms with E-state index in [1.165, 1.54) is 18.3 Å². The summed E-state index contributed by atoms with van der Waals surface area (Å²) in [6, 6.07) is 7.47. The van der Waals surface area contributed by atoms with Gasteiger partial charge in [-0.3, -0.25) is 9.59 Å². The van der Waals surface area contributed by atoms with Gasteiger partial charge in [0.25, 0.3) is 5.91 Å². The number of halogens is 3. The third-order valence-corrected chi connectivity index (χ3v) is 6.27. The smallest absolute Gasteiger partial charge is 0.256 e. The van der Waals surface area contributed by atoms with Crippen molar-refractivity contribution in [3.05, 3.63) is 76.5 Å². The fourth-order valence-corrected chi connectivity index (χ4v) is 4.33. The van der Waals surface area contributed by atoms with Gasteiger partial charge in [-0.1, -0.05) is 17.7 Å². The van der Waals surface area contributed by atoms with Crippen molar-refractivity contribution in [1.29, 1.82) is 0 Å². The first-order valence-corrected chi connectivity index (χ1v) is 11.5. The van der Waals surface area contributed by atoms with Crippen molar-refractivity contribution in [2.24, 2.45) is 5.92 Å². The Hall–Kier alpha value is -3.59. The number of rotatable bonds is 5. The molecule has 35 heavy (non-hydrogen) atoms. The minimum atomic E-state index is -0.700.